The molecule has 0 bridgehead atoms. The molecule has 1 aromatic heterocycles. The number of carbonyl (C=O) groups excluding carboxylic acids is 2. The maximum Gasteiger partial charge on any atom is 0.257 e. The topological polar surface area (TPSA) is 141 Å². The fourth-order valence-electron chi connectivity index (χ4n) is 3.23. The van der Waals surface area contributed by atoms with Gasteiger partial charge < -0.3 is 30.4 Å². The molecule has 0 fully saturated rings. The summed E-state index contributed by atoms with van der Waals surface area (Å²) in [4.78, 5) is 50.8. The first-order valence-corrected chi connectivity index (χ1v) is 10.3. The Morgan fingerprint density at radius 3 is 2.36 bits per heavy atom. The molecular formula is C23H26N4O6. The minimum absolute atomic E-state index is 0.0376. The summed E-state index contributed by atoms with van der Waals surface area (Å²) >= 11 is 0. The summed E-state index contributed by atoms with van der Waals surface area (Å²) in [6.07, 6.45) is 1.50. The van der Waals surface area contributed by atoms with Gasteiger partial charge in [-0.3, -0.25) is 19.2 Å². The van der Waals surface area contributed by atoms with Crippen molar-refractivity contribution < 1.29 is 19.1 Å². The lowest BCUT2D eigenvalue weighted by molar-refractivity contribution is -0.122. The van der Waals surface area contributed by atoms with Crippen LogP contribution in [0.3, 0.4) is 0 Å². The van der Waals surface area contributed by atoms with E-state index in [9.17, 15) is 24.3 Å². The van der Waals surface area contributed by atoms with E-state index < -0.39 is 22.8 Å². The molecule has 0 aliphatic carbocycles. The summed E-state index contributed by atoms with van der Waals surface area (Å²) in [5, 5.41) is 18.8. The summed E-state index contributed by atoms with van der Waals surface area (Å²) in [7, 11) is 3.09. The fraction of sp³-hybridized carbons (Fsp3) is 0.304. The molecule has 1 heterocycles. The minimum atomic E-state index is -0.806. The van der Waals surface area contributed by atoms with Gasteiger partial charge in [0.05, 0.1) is 24.1 Å². The van der Waals surface area contributed by atoms with E-state index in [1.807, 2.05) is 0 Å². The van der Waals surface area contributed by atoms with Gasteiger partial charge in [-0.2, -0.15) is 0 Å². The number of aromatic hydroxyl groups is 1. The lowest BCUT2D eigenvalue weighted by Gasteiger charge is -2.25. The fourth-order valence-corrected chi connectivity index (χ4v) is 3.23. The lowest BCUT2D eigenvalue weighted by atomic mass is 10.0. The molecule has 0 aliphatic rings. The van der Waals surface area contributed by atoms with Gasteiger partial charge in [-0.15, -0.1) is 0 Å². The van der Waals surface area contributed by atoms with Gasteiger partial charge in [-0.25, -0.2) is 0 Å². The Bertz CT molecular complexity index is 1220. The van der Waals surface area contributed by atoms with E-state index in [2.05, 4.69) is 16.0 Å². The summed E-state index contributed by atoms with van der Waals surface area (Å²) in [6.45, 7) is 3.77. The van der Waals surface area contributed by atoms with Gasteiger partial charge in [0.2, 0.25) is 5.91 Å². The summed E-state index contributed by atoms with van der Waals surface area (Å²) in [5.74, 6) is -0.792. The van der Waals surface area contributed by atoms with Crippen molar-refractivity contribution in [2.75, 3.05) is 24.7 Å². The maximum atomic E-state index is 12.7. The number of anilines is 3. The van der Waals surface area contributed by atoms with Crippen LogP contribution >= 0.6 is 0 Å². The molecule has 10 heteroatoms. The van der Waals surface area contributed by atoms with Crippen LogP contribution in [0.2, 0.25) is 0 Å². The zero-order chi connectivity index (χ0) is 24.3. The number of furan rings is 1. The van der Waals surface area contributed by atoms with E-state index in [-0.39, 0.29) is 46.7 Å². The third-order valence-electron chi connectivity index (χ3n) is 5.11. The van der Waals surface area contributed by atoms with E-state index in [4.69, 9.17) is 4.42 Å². The Balaban J connectivity index is 1.81. The van der Waals surface area contributed by atoms with Crippen LogP contribution in [0.15, 0.2) is 50.6 Å². The van der Waals surface area contributed by atoms with E-state index in [1.54, 1.807) is 40.1 Å². The summed E-state index contributed by atoms with van der Waals surface area (Å²) in [6, 6.07) is 7.08. The van der Waals surface area contributed by atoms with Crippen LogP contribution in [0.25, 0.3) is 0 Å². The highest BCUT2D eigenvalue weighted by Crippen LogP contribution is 2.32. The molecule has 4 N–H and O–H groups in total. The van der Waals surface area contributed by atoms with Gasteiger partial charge in [0.25, 0.3) is 16.8 Å². The number of benzene rings is 1. The molecule has 174 valence electrons. The molecule has 33 heavy (non-hydrogen) atoms. The van der Waals surface area contributed by atoms with Gasteiger partial charge in [0.15, 0.2) is 5.75 Å². The standard InChI is InChI=1S/C23H26N4O6/c1-12(2)16(22(31)24-11-13-7-6-10-33-13)26-18-17(20(29)21(18)30)25-15-9-5-8-14(19(15)28)23(32)27(3)4/h5-10,12,16,25-26,28H,11H2,1-4H3,(H,24,31)/t16-/m1/s1. The highest BCUT2D eigenvalue weighted by atomic mass is 16.3. The van der Waals surface area contributed by atoms with Crippen LogP contribution in [-0.4, -0.2) is 42.0 Å². The molecule has 0 unspecified atom stereocenters. The largest absolute Gasteiger partial charge is 0.505 e. The van der Waals surface area contributed by atoms with Crippen molar-refractivity contribution in [1.82, 2.24) is 10.2 Å². The SMILES string of the molecule is CC(C)[C@@H](Nc1c(Nc2cccc(C(=O)N(C)C)c2O)c(=O)c1=O)C(=O)NCc1ccco1. The average Bonchev–Trinajstić information content (AvgIpc) is 3.30. The van der Waals surface area contributed by atoms with Gasteiger partial charge in [0, 0.05) is 14.1 Å². The predicted octanol–water partition coefficient (Wildman–Crippen LogP) is 1.78. The van der Waals surface area contributed by atoms with Crippen molar-refractivity contribution in [2.24, 2.45) is 5.92 Å². The minimum Gasteiger partial charge on any atom is -0.505 e. The Labute approximate surface area is 189 Å². The van der Waals surface area contributed by atoms with Crippen molar-refractivity contribution in [3.8, 4) is 5.75 Å². The van der Waals surface area contributed by atoms with E-state index in [0.717, 1.165) is 0 Å². The number of nitrogens with one attached hydrogen (secondary N) is 3. The Morgan fingerprint density at radius 1 is 1.06 bits per heavy atom. The van der Waals surface area contributed by atoms with E-state index in [0.29, 0.717) is 5.76 Å². The third kappa shape index (κ3) is 4.89. The van der Waals surface area contributed by atoms with Crippen molar-refractivity contribution >= 4 is 28.9 Å². The highest BCUT2D eigenvalue weighted by molar-refractivity contribution is 5.99. The first-order chi connectivity index (χ1) is 15.6. The second kappa shape index (κ2) is 9.60. The Hall–Kier alpha value is -4.08. The molecule has 0 saturated carbocycles. The number of carbonyl (C=O) groups is 2. The van der Waals surface area contributed by atoms with Crippen molar-refractivity contribution in [1.29, 1.82) is 0 Å². The van der Waals surface area contributed by atoms with Crippen LogP contribution in [0, 0.1) is 5.92 Å². The Kier molecular flexibility index (Phi) is 6.86. The zero-order valence-corrected chi connectivity index (χ0v) is 18.8. The monoisotopic (exact) mass is 454 g/mol. The van der Waals surface area contributed by atoms with Crippen molar-refractivity contribution in [3.63, 3.8) is 0 Å². The predicted molar refractivity (Wildman–Crippen MR) is 124 cm³/mol. The van der Waals surface area contributed by atoms with Crippen LogP contribution in [0.4, 0.5) is 17.1 Å². The number of phenolic OH excluding ortho intramolecular Hbond substituents is 1. The average molecular weight is 454 g/mol. The molecule has 0 aliphatic heterocycles. The highest BCUT2D eigenvalue weighted by Gasteiger charge is 2.29. The number of hydrogen-bond acceptors (Lipinski definition) is 8. The van der Waals surface area contributed by atoms with Crippen LogP contribution in [0.5, 0.6) is 5.75 Å². The molecule has 0 spiro atoms. The first-order valence-electron chi connectivity index (χ1n) is 10.3. The number of nitrogens with zero attached hydrogens (tertiary/aromatic N) is 1. The molecule has 0 radical (unpaired) electrons. The number of phenols is 1. The van der Waals surface area contributed by atoms with Gasteiger partial charge >= 0.3 is 0 Å². The normalized spacial score (nSPS) is 11.9. The quantitative estimate of drug-likeness (QED) is 0.283. The second-order valence-electron chi connectivity index (χ2n) is 8.10. The lowest BCUT2D eigenvalue weighted by Crippen LogP contribution is -2.47. The number of rotatable bonds is 9. The van der Waals surface area contributed by atoms with E-state index >= 15 is 0 Å². The maximum absolute atomic E-state index is 12.7. The first kappa shape index (κ1) is 23.6. The smallest absolute Gasteiger partial charge is 0.257 e. The summed E-state index contributed by atoms with van der Waals surface area (Å²) < 4.78 is 5.20. The second-order valence-corrected chi connectivity index (χ2v) is 8.10. The van der Waals surface area contributed by atoms with Crippen molar-refractivity contribution in [2.45, 2.75) is 26.4 Å². The van der Waals surface area contributed by atoms with Crippen LogP contribution in [-0.2, 0) is 11.3 Å². The van der Waals surface area contributed by atoms with E-state index in [1.165, 1.54) is 29.4 Å². The van der Waals surface area contributed by atoms with Crippen molar-refractivity contribution in [3.05, 3.63) is 68.4 Å². The Morgan fingerprint density at radius 2 is 1.76 bits per heavy atom. The van der Waals surface area contributed by atoms with Gasteiger partial charge in [-0.1, -0.05) is 19.9 Å². The molecule has 2 amide bonds. The van der Waals surface area contributed by atoms with Gasteiger partial charge in [0.1, 0.15) is 23.2 Å². The molecule has 3 rings (SSSR count). The summed E-state index contributed by atoms with van der Waals surface area (Å²) in [5.41, 5.74) is -1.59. The molecule has 1 atom stereocenters. The zero-order valence-electron chi connectivity index (χ0n) is 18.8. The number of para-hydroxylation sites is 1. The molecule has 2 aromatic carbocycles. The van der Waals surface area contributed by atoms with Crippen LogP contribution in [0.1, 0.15) is 30.0 Å². The number of amides is 2. The van der Waals surface area contributed by atoms with Crippen LogP contribution < -0.4 is 26.8 Å². The molecule has 0 saturated heterocycles. The molecular weight excluding hydrogens is 428 g/mol. The third-order valence-corrected chi connectivity index (χ3v) is 5.11. The molecule has 3 aromatic rings. The van der Waals surface area contributed by atoms with Gasteiger partial charge in [-0.05, 0) is 30.2 Å². The number of hydrogen-bond donors (Lipinski definition) is 4. The molecule has 10 nitrogen and oxygen atoms in total.